The average Bonchev–Trinajstić information content (AvgIpc) is 3.56. The van der Waals surface area contributed by atoms with Gasteiger partial charge in [-0.25, -0.2) is 4.79 Å². The Bertz CT molecular complexity index is 1140. The van der Waals surface area contributed by atoms with Gasteiger partial charge in [0, 0.05) is 30.1 Å². The van der Waals surface area contributed by atoms with Crippen molar-refractivity contribution in [3.8, 4) is 11.3 Å². The summed E-state index contributed by atoms with van der Waals surface area (Å²) in [5.74, 6) is -1.25. The Morgan fingerprint density at radius 3 is 2.57 bits per heavy atom. The van der Waals surface area contributed by atoms with Gasteiger partial charge in [-0.1, -0.05) is 39.0 Å². The summed E-state index contributed by atoms with van der Waals surface area (Å²) in [7, 11) is 0. The van der Waals surface area contributed by atoms with Crippen LogP contribution in [0.1, 0.15) is 75.7 Å². The number of nitrogens with zero attached hydrogens (tertiary/aromatic N) is 2. The third kappa shape index (κ3) is 6.65. The molecule has 1 atom stereocenters. The van der Waals surface area contributed by atoms with Gasteiger partial charge in [-0.2, -0.15) is 10.6 Å². The lowest BCUT2D eigenvalue weighted by atomic mass is 10.1. The normalized spacial score (nSPS) is 15.1. The number of rotatable bonds is 11. The topological polar surface area (TPSA) is 126 Å². The van der Waals surface area contributed by atoms with Crippen molar-refractivity contribution >= 4 is 29.5 Å². The second kappa shape index (κ2) is 13.2. The molecule has 1 aliphatic heterocycles. The summed E-state index contributed by atoms with van der Waals surface area (Å²) in [5.41, 5.74) is 4.85. The number of amides is 2. The molecule has 37 heavy (non-hydrogen) atoms. The number of hydrogen-bond acceptors (Lipinski definition) is 8. The van der Waals surface area contributed by atoms with E-state index in [1.807, 2.05) is 63.1 Å². The first-order chi connectivity index (χ1) is 17.9. The zero-order chi connectivity index (χ0) is 26.9. The number of carbonyl (C=O) groups excluding carboxylic acids is 3. The zero-order valence-corrected chi connectivity index (χ0v) is 22.7. The van der Waals surface area contributed by atoms with Gasteiger partial charge in [-0.15, -0.1) is 11.8 Å². The molecule has 1 aromatic heterocycles. The van der Waals surface area contributed by atoms with E-state index in [9.17, 15) is 14.4 Å². The average molecular weight is 530 g/mol. The van der Waals surface area contributed by atoms with E-state index < -0.39 is 18.1 Å². The van der Waals surface area contributed by atoms with Crippen molar-refractivity contribution < 1.29 is 24.0 Å². The molecule has 2 heterocycles. The highest BCUT2D eigenvalue weighted by molar-refractivity contribution is 8.02. The molecule has 0 fully saturated rings. The summed E-state index contributed by atoms with van der Waals surface area (Å²) >= 11 is 1.38. The van der Waals surface area contributed by atoms with Crippen LogP contribution < -0.4 is 10.8 Å². The van der Waals surface area contributed by atoms with Crippen LogP contribution in [-0.4, -0.2) is 51.7 Å². The van der Waals surface area contributed by atoms with Crippen molar-refractivity contribution in [2.75, 3.05) is 12.8 Å². The van der Waals surface area contributed by atoms with Gasteiger partial charge in [0.1, 0.15) is 5.03 Å². The molecular formula is C26H35N5O5S. The van der Waals surface area contributed by atoms with Crippen LogP contribution in [0.3, 0.4) is 0 Å². The van der Waals surface area contributed by atoms with Crippen LogP contribution >= 0.6 is 11.8 Å². The number of H-pyrrole nitrogens is 1. The van der Waals surface area contributed by atoms with Crippen LogP contribution in [0.5, 0.6) is 0 Å². The van der Waals surface area contributed by atoms with E-state index in [0.29, 0.717) is 29.4 Å². The molecule has 2 aromatic rings. The number of hydrogen-bond donors (Lipinski definition) is 3. The maximum Gasteiger partial charge on any atom is 0.332 e. The zero-order valence-electron chi connectivity index (χ0n) is 21.9. The molecule has 0 bridgehead atoms. The van der Waals surface area contributed by atoms with Gasteiger partial charge in [0.05, 0.1) is 5.69 Å². The summed E-state index contributed by atoms with van der Waals surface area (Å²) in [6, 6.07) is 9.47. The molecule has 0 spiro atoms. The van der Waals surface area contributed by atoms with Gasteiger partial charge < -0.3 is 19.8 Å². The quantitative estimate of drug-likeness (QED) is 0.369. The molecule has 10 nitrogen and oxygen atoms in total. The van der Waals surface area contributed by atoms with Crippen molar-refractivity contribution in [2.24, 2.45) is 0 Å². The first kappa shape index (κ1) is 28.1. The highest BCUT2D eigenvalue weighted by Crippen LogP contribution is 2.41. The number of hydroxylamine groups is 1. The lowest BCUT2D eigenvalue weighted by Gasteiger charge is -2.25. The van der Waals surface area contributed by atoms with Gasteiger partial charge in [-0.3, -0.25) is 14.7 Å². The highest BCUT2D eigenvalue weighted by Gasteiger charge is 2.37. The van der Waals surface area contributed by atoms with E-state index in [1.165, 1.54) is 11.8 Å². The Hall–Kier alpha value is -3.47. The minimum atomic E-state index is -0.618. The van der Waals surface area contributed by atoms with E-state index in [2.05, 4.69) is 21.0 Å². The largest absolute Gasteiger partial charge is 0.458 e. The fraction of sp³-hybridized carbons (Fsp3) is 0.462. The predicted octanol–water partition coefficient (Wildman–Crippen LogP) is 4.25. The lowest BCUT2D eigenvalue weighted by Crippen LogP contribution is -2.33. The molecule has 200 valence electrons. The Kier molecular flexibility index (Phi) is 10.0. The van der Waals surface area contributed by atoms with Crippen molar-refractivity contribution in [1.82, 2.24) is 25.9 Å². The molecule has 0 saturated carbocycles. The third-order valence-electron chi connectivity index (χ3n) is 6.03. The molecule has 0 radical (unpaired) electrons. The molecule has 1 aliphatic rings. The van der Waals surface area contributed by atoms with Gasteiger partial charge in [0.25, 0.3) is 5.91 Å². The SMILES string of the molecule is CCCC(=O)ONC(=O)C1=C(SC)N(CC)[C@H](c2cccc(-c3cc(C(=O)NC(CC)CC)n[nH]3)c2)O1. The van der Waals surface area contributed by atoms with Gasteiger partial charge in [0.2, 0.25) is 5.76 Å². The number of aromatic amines is 1. The first-order valence-electron chi connectivity index (χ1n) is 12.5. The van der Waals surface area contributed by atoms with Crippen molar-refractivity contribution in [3.63, 3.8) is 0 Å². The monoisotopic (exact) mass is 529 g/mol. The Labute approximate surface area is 221 Å². The second-order valence-corrected chi connectivity index (χ2v) is 9.32. The summed E-state index contributed by atoms with van der Waals surface area (Å²) in [5, 5.41) is 10.8. The summed E-state index contributed by atoms with van der Waals surface area (Å²) in [4.78, 5) is 43.9. The number of nitrogens with one attached hydrogen (secondary N) is 3. The van der Waals surface area contributed by atoms with E-state index >= 15 is 0 Å². The summed E-state index contributed by atoms with van der Waals surface area (Å²) in [6.07, 6.45) is 3.83. The van der Waals surface area contributed by atoms with Gasteiger partial charge >= 0.3 is 11.9 Å². The second-order valence-electron chi connectivity index (χ2n) is 8.53. The number of thioether (sulfide) groups is 1. The molecular weight excluding hydrogens is 494 g/mol. The summed E-state index contributed by atoms with van der Waals surface area (Å²) < 4.78 is 6.10. The fourth-order valence-corrected chi connectivity index (χ4v) is 4.77. The highest BCUT2D eigenvalue weighted by atomic mass is 32.2. The minimum absolute atomic E-state index is 0.0935. The number of carbonyl (C=O) groups is 3. The van der Waals surface area contributed by atoms with E-state index in [1.54, 1.807) is 6.07 Å². The molecule has 1 aromatic carbocycles. The number of ether oxygens (including phenoxy) is 1. The van der Waals surface area contributed by atoms with Crippen molar-refractivity contribution in [2.45, 2.75) is 65.6 Å². The van der Waals surface area contributed by atoms with E-state index in [-0.39, 0.29) is 24.1 Å². The van der Waals surface area contributed by atoms with E-state index in [0.717, 1.165) is 24.0 Å². The minimum Gasteiger partial charge on any atom is -0.458 e. The standard InChI is InChI=1S/C26H35N5O5S/c1-6-11-21(32)36-30-24(34)22-26(37-5)31(9-4)25(35-22)17-13-10-12-16(14-17)19-15-20(29-28-19)23(33)27-18(7-2)8-3/h10,12-15,18,25H,6-9,11H2,1-5H3,(H,27,33)(H,28,29)(H,30,34)/t25-/m0/s1. The summed E-state index contributed by atoms with van der Waals surface area (Å²) in [6.45, 7) is 8.47. The molecule has 0 aliphatic carbocycles. The fourth-order valence-electron chi connectivity index (χ4n) is 3.98. The maximum absolute atomic E-state index is 12.8. The van der Waals surface area contributed by atoms with Crippen LogP contribution in [-0.2, 0) is 19.2 Å². The Morgan fingerprint density at radius 1 is 1.16 bits per heavy atom. The van der Waals surface area contributed by atoms with E-state index in [4.69, 9.17) is 9.57 Å². The maximum atomic E-state index is 12.8. The number of aromatic nitrogens is 2. The smallest absolute Gasteiger partial charge is 0.332 e. The molecule has 0 unspecified atom stereocenters. The molecule has 2 amide bonds. The van der Waals surface area contributed by atoms with Crippen LogP contribution in [0.15, 0.2) is 41.1 Å². The third-order valence-corrected chi connectivity index (χ3v) is 6.84. The van der Waals surface area contributed by atoms with Gasteiger partial charge in [-0.05, 0) is 44.6 Å². The first-order valence-corrected chi connectivity index (χ1v) is 13.8. The van der Waals surface area contributed by atoms with Crippen LogP contribution in [0.25, 0.3) is 11.3 Å². The van der Waals surface area contributed by atoms with Crippen LogP contribution in [0.2, 0.25) is 0 Å². The predicted molar refractivity (Wildman–Crippen MR) is 142 cm³/mol. The van der Waals surface area contributed by atoms with Crippen LogP contribution in [0, 0.1) is 0 Å². The molecule has 11 heteroatoms. The lowest BCUT2D eigenvalue weighted by molar-refractivity contribution is -0.158. The molecule has 3 N–H and O–H groups in total. The van der Waals surface area contributed by atoms with Crippen LogP contribution in [0.4, 0.5) is 0 Å². The Balaban J connectivity index is 1.79. The van der Waals surface area contributed by atoms with Crippen molar-refractivity contribution in [3.05, 3.63) is 52.4 Å². The molecule has 0 saturated heterocycles. The van der Waals surface area contributed by atoms with Crippen molar-refractivity contribution in [1.29, 1.82) is 0 Å². The molecule has 3 rings (SSSR count). The number of benzene rings is 1. The Morgan fingerprint density at radius 2 is 1.92 bits per heavy atom. The van der Waals surface area contributed by atoms with Gasteiger partial charge in [0.15, 0.2) is 11.9 Å².